The molecule has 2 atom stereocenters. The maximum atomic E-state index is 12.7. The smallest absolute Gasteiger partial charge is 0.411 e. The third-order valence-electron chi connectivity index (χ3n) is 4.99. The predicted octanol–water partition coefficient (Wildman–Crippen LogP) is 4.65. The molecule has 0 aromatic heterocycles. The highest BCUT2D eigenvalue weighted by molar-refractivity contribution is 5.77. The molecule has 3 rings (SSSR count). The summed E-state index contributed by atoms with van der Waals surface area (Å²) >= 11 is 0. The molecule has 0 saturated carbocycles. The summed E-state index contributed by atoms with van der Waals surface area (Å²) in [6.07, 6.45) is 5.90. The Bertz CT molecular complexity index is 704. The van der Waals surface area contributed by atoms with Crippen LogP contribution in [-0.2, 0) is 4.74 Å². The zero-order valence-electron chi connectivity index (χ0n) is 16.4. The van der Waals surface area contributed by atoms with Crippen molar-refractivity contribution in [1.29, 1.82) is 0 Å². The fourth-order valence-corrected chi connectivity index (χ4v) is 3.89. The number of fused-ring (bicyclic) bond motifs is 2. The maximum absolute atomic E-state index is 12.7. The standard InChI is InChI=1S/C21H29NO4/c1-21(2,3)26-20(23)22-15-7-6-8-16(22)12-14(11-15)18-13-17(24-4)9-10-19(18)25-5/h9-11,13,15-16H,6-8,12H2,1-5H3. The van der Waals surface area contributed by atoms with E-state index in [2.05, 4.69) is 6.08 Å². The van der Waals surface area contributed by atoms with Crippen LogP contribution in [0.1, 0.15) is 52.0 Å². The minimum atomic E-state index is -0.481. The van der Waals surface area contributed by atoms with Gasteiger partial charge in [-0.2, -0.15) is 0 Å². The highest BCUT2D eigenvalue weighted by Crippen LogP contribution is 2.41. The van der Waals surface area contributed by atoms with Gasteiger partial charge in [0.1, 0.15) is 17.1 Å². The average molecular weight is 359 g/mol. The summed E-state index contributed by atoms with van der Waals surface area (Å²) in [5, 5.41) is 0. The van der Waals surface area contributed by atoms with E-state index in [-0.39, 0.29) is 18.2 Å². The third kappa shape index (κ3) is 3.81. The topological polar surface area (TPSA) is 48.0 Å². The van der Waals surface area contributed by atoms with Crippen LogP contribution >= 0.6 is 0 Å². The van der Waals surface area contributed by atoms with Crippen molar-refractivity contribution in [3.05, 3.63) is 29.8 Å². The van der Waals surface area contributed by atoms with Crippen LogP contribution in [0, 0.1) is 0 Å². The molecule has 1 amide bonds. The molecule has 0 N–H and O–H groups in total. The number of carbonyl (C=O) groups excluding carboxylic acids is 1. The summed E-state index contributed by atoms with van der Waals surface area (Å²) in [5.74, 6) is 1.64. The van der Waals surface area contributed by atoms with Crippen LogP contribution in [0.3, 0.4) is 0 Å². The SMILES string of the molecule is COc1ccc(OC)c(C2=CC3CCCC(C2)N3C(=O)OC(C)(C)C)c1. The average Bonchev–Trinajstić information content (AvgIpc) is 2.58. The second-order valence-corrected chi connectivity index (χ2v) is 8.00. The molecule has 1 aromatic carbocycles. The quantitative estimate of drug-likeness (QED) is 0.788. The molecule has 5 heteroatoms. The van der Waals surface area contributed by atoms with Gasteiger partial charge in [0.05, 0.1) is 20.3 Å². The predicted molar refractivity (Wildman–Crippen MR) is 102 cm³/mol. The molecule has 2 unspecified atom stereocenters. The molecule has 1 aromatic rings. The van der Waals surface area contributed by atoms with Crippen molar-refractivity contribution in [2.24, 2.45) is 0 Å². The molecule has 142 valence electrons. The number of hydrogen-bond donors (Lipinski definition) is 0. The Balaban J connectivity index is 1.92. The van der Waals surface area contributed by atoms with Crippen LogP contribution in [0.25, 0.3) is 5.57 Å². The molecule has 2 heterocycles. The molecule has 2 bridgehead atoms. The van der Waals surface area contributed by atoms with Crippen molar-refractivity contribution >= 4 is 11.7 Å². The lowest BCUT2D eigenvalue weighted by Gasteiger charge is -2.45. The van der Waals surface area contributed by atoms with E-state index in [9.17, 15) is 4.79 Å². The van der Waals surface area contributed by atoms with Crippen LogP contribution < -0.4 is 9.47 Å². The molecular weight excluding hydrogens is 330 g/mol. The first-order valence-corrected chi connectivity index (χ1v) is 9.27. The van der Waals surface area contributed by atoms with E-state index in [0.29, 0.717) is 0 Å². The molecule has 2 aliphatic heterocycles. The monoisotopic (exact) mass is 359 g/mol. The summed E-state index contributed by atoms with van der Waals surface area (Å²) < 4.78 is 16.6. The normalized spacial score (nSPS) is 22.5. The van der Waals surface area contributed by atoms with Gasteiger partial charge in [-0.1, -0.05) is 6.08 Å². The molecule has 5 nitrogen and oxygen atoms in total. The Hall–Kier alpha value is -2.17. The summed E-state index contributed by atoms with van der Waals surface area (Å²) in [6.45, 7) is 5.73. The van der Waals surface area contributed by atoms with Crippen molar-refractivity contribution in [2.45, 2.75) is 64.1 Å². The van der Waals surface area contributed by atoms with E-state index in [1.807, 2.05) is 43.9 Å². The Labute approximate surface area is 155 Å². The van der Waals surface area contributed by atoms with E-state index >= 15 is 0 Å². The number of methoxy groups -OCH3 is 2. The molecule has 1 fully saturated rings. The molecule has 26 heavy (non-hydrogen) atoms. The van der Waals surface area contributed by atoms with Gasteiger partial charge in [-0.05, 0) is 70.2 Å². The highest BCUT2D eigenvalue weighted by atomic mass is 16.6. The van der Waals surface area contributed by atoms with Crippen molar-refractivity contribution in [1.82, 2.24) is 4.90 Å². The number of hydrogen-bond acceptors (Lipinski definition) is 4. The first kappa shape index (κ1) is 18.6. The van der Waals surface area contributed by atoms with Gasteiger partial charge in [0.2, 0.25) is 0 Å². The molecular formula is C21H29NO4. The van der Waals surface area contributed by atoms with Crippen molar-refractivity contribution in [2.75, 3.05) is 14.2 Å². The van der Waals surface area contributed by atoms with Crippen molar-refractivity contribution in [3.63, 3.8) is 0 Å². The van der Waals surface area contributed by atoms with E-state index in [1.54, 1.807) is 14.2 Å². The first-order valence-electron chi connectivity index (χ1n) is 9.27. The second kappa shape index (κ2) is 7.22. The second-order valence-electron chi connectivity index (χ2n) is 8.00. The molecule has 2 aliphatic rings. The molecule has 1 saturated heterocycles. The summed E-state index contributed by atoms with van der Waals surface area (Å²) in [5.41, 5.74) is 1.79. The highest BCUT2D eigenvalue weighted by Gasteiger charge is 2.39. The van der Waals surface area contributed by atoms with Gasteiger partial charge in [0, 0.05) is 11.6 Å². The van der Waals surface area contributed by atoms with Crippen LogP contribution in [0.15, 0.2) is 24.3 Å². The van der Waals surface area contributed by atoms with Gasteiger partial charge in [0.15, 0.2) is 0 Å². The van der Waals surface area contributed by atoms with Gasteiger partial charge >= 0.3 is 6.09 Å². The van der Waals surface area contributed by atoms with E-state index < -0.39 is 5.60 Å². The van der Waals surface area contributed by atoms with E-state index in [4.69, 9.17) is 14.2 Å². The van der Waals surface area contributed by atoms with Gasteiger partial charge in [-0.3, -0.25) is 4.90 Å². The zero-order chi connectivity index (χ0) is 18.9. The molecule has 0 radical (unpaired) electrons. The van der Waals surface area contributed by atoms with E-state index in [1.165, 1.54) is 5.57 Å². The zero-order valence-corrected chi connectivity index (χ0v) is 16.4. The minimum Gasteiger partial charge on any atom is -0.497 e. The lowest BCUT2D eigenvalue weighted by molar-refractivity contribution is 0.0000796. The Kier molecular flexibility index (Phi) is 5.17. The lowest BCUT2D eigenvalue weighted by Crippen LogP contribution is -2.53. The third-order valence-corrected chi connectivity index (χ3v) is 4.99. The Morgan fingerprint density at radius 2 is 1.92 bits per heavy atom. The number of carbonyl (C=O) groups is 1. The number of nitrogens with zero attached hydrogens (tertiary/aromatic N) is 1. The fourth-order valence-electron chi connectivity index (χ4n) is 3.89. The lowest BCUT2D eigenvalue weighted by atomic mass is 9.83. The first-order chi connectivity index (χ1) is 12.3. The molecule has 0 spiro atoms. The molecule has 0 aliphatic carbocycles. The number of rotatable bonds is 3. The Morgan fingerprint density at radius 3 is 2.54 bits per heavy atom. The van der Waals surface area contributed by atoms with Gasteiger partial charge in [-0.15, -0.1) is 0 Å². The van der Waals surface area contributed by atoms with E-state index in [0.717, 1.165) is 42.7 Å². The number of ether oxygens (including phenoxy) is 3. The fraction of sp³-hybridized carbons (Fsp3) is 0.571. The largest absolute Gasteiger partial charge is 0.497 e. The van der Waals surface area contributed by atoms with Gasteiger partial charge < -0.3 is 14.2 Å². The van der Waals surface area contributed by atoms with Crippen LogP contribution in [0.5, 0.6) is 11.5 Å². The minimum absolute atomic E-state index is 0.0725. The number of piperidine rings is 1. The van der Waals surface area contributed by atoms with Crippen molar-refractivity contribution in [3.8, 4) is 11.5 Å². The number of benzene rings is 1. The Morgan fingerprint density at radius 1 is 1.15 bits per heavy atom. The summed E-state index contributed by atoms with van der Waals surface area (Å²) in [6, 6.07) is 6.09. The van der Waals surface area contributed by atoms with Gasteiger partial charge in [-0.25, -0.2) is 4.79 Å². The summed E-state index contributed by atoms with van der Waals surface area (Å²) in [4.78, 5) is 14.7. The van der Waals surface area contributed by atoms with Crippen LogP contribution in [0.4, 0.5) is 4.79 Å². The van der Waals surface area contributed by atoms with Crippen molar-refractivity contribution < 1.29 is 19.0 Å². The van der Waals surface area contributed by atoms with Gasteiger partial charge in [0.25, 0.3) is 0 Å². The maximum Gasteiger partial charge on any atom is 0.411 e. The number of amides is 1. The van der Waals surface area contributed by atoms with Crippen LogP contribution in [-0.4, -0.2) is 42.9 Å². The van der Waals surface area contributed by atoms with Crippen LogP contribution in [0.2, 0.25) is 0 Å². The summed E-state index contributed by atoms with van der Waals surface area (Å²) in [7, 11) is 3.35.